The van der Waals surface area contributed by atoms with E-state index < -0.39 is 12.3 Å². The van der Waals surface area contributed by atoms with Gasteiger partial charge < -0.3 is 8.82 Å². The van der Waals surface area contributed by atoms with Gasteiger partial charge in [-0.3, -0.25) is 4.98 Å². The first-order valence-corrected chi connectivity index (χ1v) is 9.52. The van der Waals surface area contributed by atoms with Gasteiger partial charge in [-0.1, -0.05) is 11.3 Å². The van der Waals surface area contributed by atoms with E-state index in [1.165, 1.54) is 6.20 Å². The SMILES string of the molecule is FC(F)c1nnc(-c2ccc(Cn3cc(CCc4cn5ccccc5n4)nn3)nc2)o1. The first-order valence-electron chi connectivity index (χ1n) is 9.52. The van der Waals surface area contributed by atoms with Gasteiger partial charge in [-0.05, 0) is 37.1 Å². The summed E-state index contributed by atoms with van der Waals surface area (Å²) in [5.41, 5.74) is 3.97. The number of halogens is 2. The number of nitrogens with zero attached hydrogens (tertiary/aromatic N) is 8. The monoisotopic (exact) mass is 422 g/mol. The van der Waals surface area contributed by atoms with E-state index in [4.69, 9.17) is 4.42 Å². The first-order chi connectivity index (χ1) is 15.1. The Labute approximate surface area is 174 Å². The Hall–Kier alpha value is -4.02. The van der Waals surface area contributed by atoms with Crippen LogP contribution in [0.15, 0.2) is 59.5 Å². The van der Waals surface area contributed by atoms with Gasteiger partial charge in [-0.25, -0.2) is 9.67 Å². The molecule has 0 spiro atoms. The van der Waals surface area contributed by atoms with Crippen LogP contribution in [0, 0.1) is 0 Å². The third-order valence-corrected chi connectivity index (χ3v) is 4.66. The normalized spacial score (nSPS) is 11.6. The van der Waals surface area contributed by atoms with E-state index in [0.717, 1.165) is 35.6 Å². The summed E-state index contributed by atoms with van der Waals surface area (Å²) in [6.07, 6.45) is 6.04. The van der Waals surface area contributed by atoms with Crippen LogP contribution in [-0.2, 0) is 19.4 Å². The number of alkyl halides is 2. The van der Waals surface area contributed by atoms with Crippen LogP contribution in [0.4, 0.5) is 8.78 Å². The highest BCUT2D eigenvalue weighted by Crippen LogP contribution is 2.22. The van der Waals surface area contributed by atoms with Crippen molar-refractivity contribution in [2.45, 2.75) is 25.8 Å². The molecule has 0 aliphatic heterocycles. The summed E-state index contributed by atoms with van der Waals surface area (Å²) in [6.45, 7) is 0.424. The van der Waals surface area contributed by atoms with E-state index in [-0.39, 0.29) is 5.89 Å². The van der Waals surface area contributed by atoms with Crippen LogP contribution in [0.3, 0.4) is 0 Å². The topological polar surface area (TPSA) is 99.8 Å². The maximum absolute atomic E-state index is 12.6. The Morgan fingerprint density at radius 2 is 1.84 bits per heavy atom. The predicted octanol–water partition coefficient (Wildman–Crippen LogP) is 3.14. The van der Waals surface area contributed by atoms with Crippen LogP contribution in [0.5, 0.6) is 0 Å². The molecular formula is C20H16F2N8O. The fourth-order valence-electron chi connectivity index (χ4n) is 3.14. The van der Waals surface area contributed by atoms with Crippen molar-refractivity contribution >= 4 is 5.65 Å². The molecule has 0 unspecified atom stereocenters. The predicted molar refractivity (Wildman–Crippen MR) is 104 cm³/mol. The second-order valence-corrected chi connectivity index (χ2v) is 6.89. The van der Waals surface area contributed by atoms with E-state index in [0.29, 0.717) is 12.1 Å². The summed E-state index contributed by atoms with van der Waals surface area (Å²) in [5, 5.41) is 15.3. The molecule has 0 amide bonds. The molecule has 0 aliphatic carbocycles. The van der Waals surface area contributed by atoms with Crippen molar-refractivity contribution in [1.82, 2.24) is 39.6 Å². The van der Waals surface area contributed by atoms with Crippen molar-refractivity contribution < 1.29 is 13.2 Å². The average molecular weight is 422 g/mol. The molecule has 156 valence electrons. The van der Waals surface area contributed by atoms with Crippen LogP contribution in [0.2, 0.25) is 0 Å². The van der Waals surface area contributed by atoms with E-state index in [1.807, 2.05) is 41.2 Å². The zero-order valence-electron chi connectivity index (χ0n) is 16.1. The smallest absolute Gasteiger partial charge is 0.314 e. The van der Waals surface area contributed by atoms with Gasteiger partial charge in [0, 0.05) is 24.8 Å². The molecule has 0 aromatic carbocycles. The molecule has 5 aromatic heterocycles. The lowest BCUT2D eigenvalue weighted by molar-refractivity contribution is 0.116. The zero-order chi connectivity index (χ0) is 21.2. The molecule has 0 fully saturated rings. The molecule has 0 N–H and O–H groups in total. The Balaban J connectivity index is 1.21. The summed E-state index contributed by atoms with van der Waals surface area (Å²) < 4.78 is 33.8. The molecule has 0 saturated heterocycles. The molecule has 5 heterocycles. The minimum absolute atomic E-state index is 0.00402. The van der Waals surface area contributed by atoms with E-state index in [9.17, 15) is 8.78 Å². The third-order valence-electron chi connectivity index (χ3n) is 4.66. The first kappa shape index (κ1) is 19.0. The fraction of sp³-hybridized carbons (Fsp3) is 0.200. The van der Waals surface area contributed by atoms with Gasteiger partial charge in [-0.15, -0.1) is 15.3 Å². The van der Waals surface area contributed by atoms with E-state index >= 15 is 0 Å². The van der Waals surface area contributed by atoms with Crippen LogP contribution in [0.1, 0.15) is 29.4 Å². The van der Waals surface area contributed by atoms with Crippen molar-refractivity contribution in [2.24, 2.45) is 0 Å². The highest BCUT2D eigenvalue weighted by atomic mass is 19.3. The van der Waals surface area contributed by atoms with Gasteiger partial charge in [0.25, 0.3) is 5.89 Å². The van der Waals surface area contributed by atoms with Gasteiger partial charge in [0.15, 0.2) is 0 Å². The summed E-state index contributed by atoms with van der Waals surface area (Å²) in [6, 6.07) is 9.33. The molecule has 5 aromatic rings. The molecule has 0 radical (unpaired) electrons. The van der Waals surface area contributed by atoms with Crippen molar-refractivity contribution in [3.8, 4) is 11.5 Å². The van der Waals surface area contributed by atoms with E-state index in [1.54, 1.807) is 16.8 Å². The van der Waals surface area contributed by atoms with Crippen LogP contribution >= 0.6 is 0 Å². The Morgan fingerprint density at radius 1 is 0.935 bits per heavy atom. The molecule has 0 aliphatic rings. The number of aromatic nitrogens is 8. The van der Waals surface area contributed by atoms with Crippen molar-refractivity contribution in [2.75, 3.05) is 0 Å². The standard InChI is InChI=1S/C20H16F2N8O/c21-18(22)20-27-26-19(31-20)13-4-5-14(23-9-13)11-30-12-16(25-28-30)7-6-15-10-29-8-2-1-3-17(29)24-15/h1-5,8-10,12,18H,6-7,11H2. The minimum atomic E-state index is -2.80. The summed E-state index contributed by atoms with van der Waals surface area (Å²) in [5.74, 6) is -0.706. The summed E-state index contributed by atoms with van der Waals surface area (Å²) in [4.78, 5) is 8.90. The number of aryl methyl sites for hydroxylation is 2. The molecule has 0 bridgehead atoms. The number of imidazole rings is 1. The van der Waals surface area contributed by atoms with Gasteiger partial charge >= 0.3 is 6.43 Å². The van der Waals surface area contributed by atoms with Crippen LogP contribution in [0.25, 0.3) is 17.1 Å². The lowest BCUT2D eigenvalue weighted by atomic mass is 10.2. The maximum atomic E-state index is 12.6. The molecule has 5 rings (SSSR count). The average Bonchev–Trinajstić information content (AvgIpc) is 3.52. The van der Waals surface area contributed by atoms with Crippen molar-refractivity contribution in [3.63, 3.8) is 0 Å². The van der Waals surface area contributed by atoms with Crippen LogP contribution < -0.4 is 0 Å². The molecule has 0 saturated carbocycles. The Bertz CT molecular complexity index is 1280. The second kappa shape index (κ2) is 8.01. The third kappa shape index (κ3) is 4.15. The van der Waals surface area contributed by atoms with Gasteiger partial charge in [0.1, 0.15) is 5.65 Å². The highest BCUT2D eigenvalue weighted by molar-refractivity contribution is 5.50. The van der Waals surface area contributed by atoms with Gasteiger partial charge in [0.05, 0.1) is 29.2 Å². The fourth-order valence-corrected chi connectivity index (χ4v) is 3.14. The summed E-state index contributed by atoms with van der Waals surface area (Å²) in [7, 11) is 0. The number of fused-ring (bicyclic) bond motifs is 1. The number of pyridine rings is 2. The minimum Gasteiger partial charge on any atom is -0.415 e. The Morgan fingerprint density at radius 3 is 2.61 bits per heavy atom. The largest absolute Gasteiger partial charge is 0.415 e. The van der Waals surface area contributed by atoms with Gasteiger partial charge in [0.2, 0.25) is 5.89 Å². The molecule has 0 atom stereocenters. The van der Waals surface area contributed by atoms with Crippen LogP contribution in [-0.4, -0.2) is 39.6 Å². The lowest BCUT2D eigenvalue weighted by Gasteiger charge is -2.01. The molecular weight excluding hydrogens is 406 g/mol. The van der Waals surface area contributed by atoms with E-state index in [2.05, 4.69) is 30.5 Å². The maximum Gasteiger partial charge on any atom is 0.314 e. The molecule has 9 nitrogen and oxygen atoms in total. The lowest BCUT2D eigenvalue weighted by Crippen LogP contribution is -2.02. The van der Waals surface area contributed by atoms with Crippen molar-refractivity contribution in [3.05, 3.63) is 78.1 Å². The zero-order valence-corrected chi connectivity index (χ0v) is 16.1. The number of rotatable bonds is 7. The molecule has 31 heavy (non-hydrogen) atoms. The number of hydrogen-bond donors (Lipinski definition) is 0. The second-order valence-electron chi connectivity index (χ2n) is 6.89. The number of hydrogen-bond acceptors (Lipinski definition) is 7. The van der Waals surface area contributed by atoms with Gasteiger partial charge in [-0.2, -0.15) is 8.78 Å². The summed E-state index contributed by atoms with van der Waals surface area (Å²) >= 11 is 0. The Kier molecular flexibility index (Phi) is 4.90. The van der Waals surface area contributed by atoms with Crippen molar-refractivity contribution in [1.29, 1.82) is 0 Å². The molecule has 11 heteroatoms. The quantitative estimate of drug-likeness (QED) is 0.397. The highest BCUT2D eigenvalue weighted by Gasteiger charge is 2.17.